The molecule has 0 radical (unpaired) electrons. The second-order valence-corrected chi connectivity index (χ2v) is 13.5. The van der Waals surface area contributed by atoms with Gasteiger partial charge in [-0.25, -0.2) is 8.42 Å². The number of carbonyl (C=O) groups is 2. The lowest BCUT2D eigenvalue weighted by molar-refractivity contribution is -0.140. The molecule has 40 heavy (non-hydrogen) atoms. The Balaban J connectivity index is 2.10. The van der Waals surface area contributed by atoms with Crippen LogP contribution in [0.5, 0.6) is 0 Å². The molecular weight excluding hydrogens is 569 g/mol. The van der Waals surface area contributed by atoms with Crippen molar-refractivity contribution in [1.29, 1.82) is 0 Å². The minimum absolute atomic E-state index is 0.0428. The Morgan fingerprint density at radius 3 is 1.98 bits per heavy atom. The normalized spacial score (nSPS) is 12.5. The first-order valence-electron chi connectivity index (χ1n) is 12.8. The Labute approximate surface area is 247 Å². The van der Waals surface area contributed by atoms with Gasteiger partial charge in [-0.2, -0.15) is 0 Å². The number of amides is 2. The molecule has 1 N–H and O–H groups in total. The molecule has 7 nitrogen and oxygen atoms in total. The third-order valence-electron chi connectivity index (χ3n) is 6.16. The molecule has 0 aromatic heterocycles. The highest BCUT2D eigenvalue weighted by Crippen LogP contribution is 2.29. The van der Waals surface area contributed by atoms with E-state index in [2.05, 4.69) is 5.32 Å². The van der Waals surface area contributed by atoms with Gasteiger partial charge in [-0.3, -0.25) is 13.9 Å². The first-order valence-corrected chi connectivity index (χ1v) is 15.0. The Bertz CT molecular complexity index is 1450. The van der Waals surface area contributed by atoms with E-state index in [1.807, 2.05) is 40.7 Å². The van der Waals surface area contributed by atoms with Crippen LogP contribution in [0.1, 0.15) is 44.4 Å². The molecule has 214 valence electrons. The molecule has 3 rings (SSSR count). The van der Waals surface area contributed by atoms with E-state index in [1.54, 1.807) is 55.5 Å². The predicted octanol–water partition coefficient (Wildman–Crippen LogP) is 6.14. The van der Waals surface area contributed by atoms with Gasteiger partial charge in [0.05, 0.1) is 10.6 Å². The SMILES string of the molecule is Cc1cc(C)cc(N(CC(=O)N(Cc2c(Cl)cccc2Cl)[C@H](C)C(=O)NC(C)(C)C)S(=O)(=O)c2ccccc2)c1. The molecule has 0 saturated heterocycles. The van der Waals surface area contributed by atoms with E-state index in [4.69, 9.17) is 23.2 Å². The van der Waals surface area contributed by atoms with Gasteiger partial charge in [-0.15, -0.1) is 0 Å². The van der Waals surface area contributed by atoms with Gasteiger partial charge in [0.25, 0.3) is 10.0 Å². The van der Waals surface area contributed by atoms with E-state index >= 15 is 0 Å². The van der Waals surface area contributed by atoms with Gasteiger partial charge in [0, 0.05) is 27.7 Å². The van der Waals surface area contributed by atoms with E-state index in [-0.39, 0.29) is 11.4 Å². The fourth-order valence-electron chi connectivity index (χ4n) is 4.25. The van der Waals surface area contributed by atoms with Gasteiger partial charge in [0.15, 0.2) is 0 Å². The maximum Gasteiger partial charge on any atom is 0.264 e. The highest BCUT2D eigenvalue weighted by Gasteiger charge is 2.34. The fourth-order valence-corrected chi connectivity index (χ4v) is 6.19. The molecule has 1 atom stereocenters. The largest absolute Gasteiger partial charge is 0.350 e. The number of benzene rings is 3. The molecule has 2 amide bonds. The molecule has 0 fully saturated rings. The van der Waals surface area contributed by atoms with E-state index in [0.717, 1.165) is 15.4 Å². The minimum Gasteiger partial charge on any atom is -0.350 e. The Hall–Kier alpha value is -3.07. The third kappa shape index (κ3) is 7.77. The summed E-state index contributed by atoms with van der Waals surface area (Å²) in [5.74, 6) is -0.987. The average Bonchev–Trinajstić information content (AvgIpc) is 2.85. The van der Waals surface area contributed by atoms with Crippen molar-refractivity contribution in [2.75, 3.05) is 10.8 Å². The van der Waals surface area contributed by atoms with Crippen LogP contribution in [-0.2, 0) is 26.2 Å². The van der Waals surface area contributed by atoms with Gasteiger partial charge >= 0.3 is 0 Å². The summed E-state index contributed by atoms with van der Waals surface area (Å²) in [7, 11) is -4.15. The van der Waals surface area contributed by atoms with Crippen molar-refractivity contribution < 1.29 is 18.0 Å². The summed E-state index contributed by atoms with van der Waals surface area (Å²) >= 11 is 12.9. The lowest BCUT2D eigenvalue weighted by Crippen LogP contribution is -2.54. The van der Waals surface area contributed by atoms with Crippen LogP contribution in [0.2, 0.25) is 10.0 Å². The quantitative estimate of drug-likeness (QED) is 0.318. The molecule has 0 aliphatic carbocycles. The zero-order valence-electron chi connectivity index (χ0n) is 23.5. The number of hydrogen-bond donors (Lipinski definition) is 1. The van der Waals surface area contributed by atoms with Crippen molar-refractivity contribution in [1.82, 2.24) is 10.2 Å². The van der Waals surface area contributed by atoms with Crippen LogP contribution in [0.15, 0.2) is 71.6 Å². The second-order valence-electron chi connectivity index (χ2n) is 10.8. The molecule has 3 aromatic rings. The molecule has 3 aromatic carbocycles. The number of hydrogen-bond acceptors (Lipinski definition) is 4. The van der Waals surface area contributed by atoms with Crippen LogP contribution in [-0.4, -0.2) is 43.3 Å². The van der Waals surface area contributed by atoms with Crippen LogP contribution in [0.3, 0.4) is 0 Å². The number of halogens is 2. The third-order valence-corrected chi connectivity index (χ3v) is 8.66. The van der Waals surface area contributed by atoms with E-state index in [1.165, 1.54) is 17.0 Å². The summed E-state index contributed by atoms with van der Waals surface area (Å²) in [5, 5.41) is 3.56. The van der Waals surface area contributed by atoms with Crippen LogP contribution in [0.4, 0.5) is 5.69 Å². The highest BCUT2D eigenvalue weighted by atomic mass is 35.5. The summed E-state index contributed by atoms with van der Waals surface area (Å²) in [5.41, 5.74) is 1.93. The number of sulfonamides is 1. The lowest BCUT2D eigenvalue weighted by atomic mass is 10.1. The van der Waals surface area contributed by atoms with Crippen LogP contribution in [0, 0.1) is 13.8 Å². The van der Waals surface area contributed by atoms with Gasteiger partial charge < -0.3 is 10.2 Å². The number of nitrogens with zero attached hydrogens (tertiary/aromatic N) is 2. The minimum atomic E-state index is -4.15. The standard InChI is InChI=1S/C30H35Cl2N3O4S/c1-20-15-21(2)17-23(16-20)35(40(38,39)24-11-8-7-9-12-24)19-28(36)34(22(3)29(37)33-30(4,5)6)18-25-26(31)13-10-14-27(25)32/h7-17,22H,18-19H2,1-6H3,(H,33,37)/t22-/m1/s1. The summed E-state index contributed by atoms with van der Waals surface area (Å²) in [6, 6.07) is 17.3. The molecule has 0 aliphatic rings. The van der Waals surface area contributed by atoms with Crippen molar-refractivity contribution in [3.8, 4) is 0 Å². The Morgan fingerprint density at radius 2 is 1.45 bits per heavy atom. The van der Waals surface area contributed by atoms with Crippen molar-refractivity contribution in [2.45, 2.75) is 64.6 Å². The summed E-state index contributed by atoms with van der Waals surface area (Å²) in [6.07, 6.45) is 0. The van der Waals surface area contributed by atoms with Crippen LogP contribution in [0.25, 0.3) is 0 Å². The number of aryl methyl sites for hydroxylation is 2. The first-order chi connectivity index (χ1) is 18.6. The predicted molar refractivity (Wildman–Crippen MR) is 161 cm³/mol. The Morgan fingerprint density at radius 1 is 0.900 bits per heavy atom. The van der Waals surface area contributed by atoms with Crippen LogP contribution < -0.4 is 9.62 Å². The smallest absolute Gasteiger partial charge is 0.264 e. The Kier molecular flexibility index (Phi) is 9.93. The van der Waals surface area contributed by atoms with Gasteiger partial charge in [0.2, 0.25) is 11.8 Å². The molecule has 0 bridgehead atoms. The fraction of sp³-hybridized carbons (Fsp3) is 0.333. The zero-order valence-corrected chi connectivity index (χ0v) is 25.9. The maximum atomic E-state index is 14.1. The summed E-state index contributed by atoms with van der Waals surface area (Å²) in [4.78, 5) is 28.6. The molecule has 0 heterocycles. The van der Waals surface area contributed by atoms with Crippen molar-refractivity contribution in [3.05, 3.63) is 93.5 Å². The highest BCUT2D eigenvalue weighted by molar-refractivity contribution is 7.92. The van der Waals surface area contributed by atoms with Gasteiger partial charge in [-0.1, -0.05) is 53.5 Å². The average molecular weight is 605 g/mol. The second kappa shape index (κ2) is 12.6. The maximum absolute atomic E-state index is 14.1. The van der Waals surface area contributed by atoms with E-state index in [9.17, 15) is 18.0 Å². The van der Waals surface area contributed by atoms with Crippen molar-refractivity contribution >= 4 is 50.7 Å². The number of nitrogens with one attached hydrogen (secondary N) is 1. The number of carbonyl (C=O) groups excluding carboxylic acids is 2. The van der Waals surface area contributed by atoms with E-state index in [0.29, 0.717) is 21.3 Å². The monoisotopic (exact) mass is 603 g/mol. The molecule has 10 heteroatoms. The van der Waals surface area contributed by atoms with Crippen molar-refractivity contribution in [2.24, 2.45) is 0 Å². The lowest BCUT2D eigenvalue weighted by Gasteiger charge is -2.34. The summed E-state index contributed by atoms with van der Waals surface area (Å²) < 4.78 is 28.9. The first kappa shape index (κ1) is 31.5. The topological polar surface area (TPSA) is 86.8 Å². The van der Waals surface area contributed by atoms with Crippen molar-refractivity contribution in [3.63, 3.8) is 0 Å². The summed E-state index contributed by atoms with van der Waals surface area (Å²) in [6.45, 7) is 10.2. The van der Waals surface area contributed by atoms with Gasteiger partial charge in [-0.05, 0) is 89.1 Å². The molecule has 0 spiro atoms. The zero-order chi connectivity index (χ0) is 29.8. The van der Waals surface area contributed by atoms with Crippen LogP contribution >= 0.6 is 23.2 Å². The van der Waals surface area contributed by atoms with E-state index < -0.39 is 40.0 Å². The molecule has 0 saturated carbocycles. The molecular formula is C30H35Cl2N3O4S. The molecule has 0 aliphatic heterocycles. The number of rotatable bonds is 9. The molecule has 0 unspecified atom stereocenters. The van der Waals surface area contributed by atoms with Gasteiger partial charge in [0.1, 0.15) is 12.6 Å². The number of anilines is 1.